The van der Waals surface area contributed by atoms with Gasteiger partial charge in [0.1, 0.15) is 0 Å². The third kappa shape index (κ3) is 3.38. The van der Waals surface area contributed by atoms with Crippen molar-refractivity contribution in [3.8, 4) is 0 Å². The molecule has 0 aliphatic carbocycles. The first-order valence-corrected chi connectivity index (χ1v) is 7.55. The minimum atomic E-state index is -0.280. The van der Waals surface area contributed by atoms with Crippen LogP contribution in [0.5, 0.6) is 0 Å². The first-order chi connectivity index (χ1) is 11.6. The predicted octanol–water partition coefficient (Wildman–Crippen LogP) is 1.17. The summed E-state index contributed by atoms with van der Waals surface area (Å²) in [6.07, 6.45) is 1.77. The highest BCUT2D eigenvalue weighted by atomic mass is 16.5. The molecule has 8 heteroatoms. The normalized spacial score (nSPS) is 13.4. The van der Waals surface area contributed by atoms with E-state index in [4.69, 9.17) is 4.74 Å². The maximum Gasteiger partial charge on any atom is 0.256 e. The average Bonchev–Trinajstić information content (AvgIpc) is 2.99. The third-order valence-electron chi connectivity index (χ3n) is 3.73. The van der Waals surface area contributed by atoms with Gasteiger partial charge in [-0.3, -0.25) is 14.3 Å². The number of amides is 2. The standard InChI is InChI=1S/C16H19N5O3/c1-20-10-15(22)17-12-9-11(3-4-13(12)20)16(23)18-14-5-6-21(19-14)7-8-24-2/h3-6,9H,7-8,10H2,1-2H3,(H,17,22)(H,18,19,23). The molecule has 126 valence electrons. The number of rotatable bonds is 5. The number of carbonyl (C=O) groups excluding carboxylic acids is 2. The summed E-state index contributed by atoms with van der Waals surface area (Å²) in [6.45, 7) is 1.47. The monoisotopic (exact) mass is 329 g/mol. The van der Waals surface area contributed by atoms with Crippen LogP contribution in [0.25, 0.3) is 0 Å². The largest absolute Gasteiger partial charge is 0.383 e. The fraction of sp³-hybridized carbons (Fsp3) is 0.312. The Morgan fingerprint density at radius 3 is 3.04 bits per heavy atom. The van der Waals surface area contributed by atoms with E-state index in [1.165, 1.54) is 0 Å². The zero-order valence-electron chi connectivity index (χ0n) is 13.6. The van der Waals surface area contributed by atoms with Crippen molar-refractivity contribution >= 4 is 29.0 Å². The minimum absolute atomic E-state index is 0.0977. The van der Waals surface area contributed by atoms with Gasteiger partial charge in [-0.2, -0.15) is 5.10 Å². The van der Waals surface area contributed by atoms with Crippen molar-refractivity contribution in [2.24, 2.45) is 0 Å². The van der Waals surface area contributed by atoms with Crippen LogP contribution in [0.2, 0.25) is 0 Å². The van der Waals surface area contributed by atoms with Crippen molar-refractivity contribution in [1.29, 1.82) is 0 Å². The zero-order valence-corrected chi connectivity index (χ0v) is 13.6. The molecule has 0 saturated carbocycles. The molecular formula is C16H19N5O3. The Labute approximate surface area is 139 Å². The number of nitrogens with one attached hydrogen (secondary N) is 2. The van der Waals surface area contributed by atoms with Crippen LogP contribution >= 0.6 is 0 Å². The van der Waals surface area contributed by atoms with E-state index in [9.17, 15) is 9.59 Å². The highest BCUT2D eigenvalue weighted by Gasteiger charge is 2.20. The number of methoxy groups -OCH3 is 1. The number of benzene rings is 1. The molecule has 2 N–H and O–H groups in total. The molecule has 8 nitrogen and oxygen atoms in total. The molecule has 0 atom stereocenters. The molecule has 0 saturated heterocycles. The van der Waals surface area contributed by atoms with Crippen molar-refractivity contribution in [3.63, 3.8) is 0 Å². The number of nitrogens with zero attached hydrogens (tertiary/aromatic N) is 3. The van der Waals surface area contributed by atoms with Crippen LogP contribution in [0.1, 0.15) is 10.4 Å². The second-order valence-corrected chi connectivity index (χ2v) is 5.55. The number of likely N-dealkylation sites (N-methyl/N-ethyl adjacent to an activating group) is 1. The Morgan fingerprint density at radius 1 is 1.42 bits per heavy atom. The lowest BCUT2D eigenvalue weighted by molar-refractivity contribution is -0.115. The van der Waals surface area contributed by atoms with Gasteiger partial charge in [0, 0.05) is 32.0 Å². The molecule has 1 aliphatic heterocycles. The van der Waals surface area contributed by atoms with Crippen LogP contribution < -0.4 is 15.5 Å². The van der Waals surface area contributed by atoms with E-state index in [1.807, 2.05) is 18.0 Å². The van der Waals surface area contributed by atoms with Crippen molar-refractivity contribution in [1.82, 2.24) is 9.78 Å². The first kappa shape index (κ1) is 16.0. The number of carbonyl (C=O) groups is 2. The molecule has 0 radical (unpaired) electrons. The highest BCUT2D eigenvalue weighted by molar-refractivity contribution is 6.07. The minimum Gasteiger partial charge on any atom is -0.383 e. The fourth-order valence-corrected chi connectivity index (χ4v) is 2.53. The number of fused-ring (bicyclic) bond motifs is 1. The van der Waals surface area contributed by atoms with Gasteiger partial charge in [-0.05, 0) is 18.2 Å². The lowest BCUT2D eigenvalue weighted by Crippen LogP contribution is -2.35. The quantitative estimate of drug-likeness (QED) is 0.860. The molecule has 1 aromatic heterocycles. The molecule has 2 aromatic rings. The SMILES string of the molecule is COCCn1ccc(NC(=O)c2ccc3c(c2)NC(=O)CN3C)n1. The summed E-state index contributed by atoms with van der Waals surface area (Å²) in [7, 11) is 3.46. The van der Waals surface area contributed by atoms with Crippen LogP contribution in [0.4, 0.5) is 17.2 Å². The first-order valence-electron chi connectivity index (χ1n) is 7.55. The predicted molar refractivity (Wildman–Crippen MR) is 90.4 cm³/mol. The maximum absolute atomic E-state index is 12.4. The Bertz CT molecular complexity index is 771. The molecule has 3 rings (SSSR count). The molecule has 0 spiro atoms. The van der Waals surface area contributed by atoms with Crippen LogP contribution in [0.3, 0.4) is 0 Å². The molecule has 2 amide bonds. The molecular weight excluding hydrogens is 310 g/mol. The van der Waals surface area contributed by atoms with Crippen LogP contribution in [-0.2, 0) is 16.1 Å². The number of ether oxygens (including phenoxy) is 1. The van der Waals surface area contributed by atoms with E-state index in [2.05, 4.69) is 15.7 Å². The van der Waals surface area contributed by atoms with E-state index in [1.54, 1.807) is 36.2 Å². The van der Waals surface area contributed by atoms with Crippen molar-refractivity contribution in [2.45, 2.75) is 6.54 Å². The van der Waals surface area contributed by atoms with Gasteiger partial charge in [-0.15, -0.1) is 0 Å². The summed E-state index contributed by atoms with van der Waals surface area (Å²) in [6, 6.07) is 6.94. The molecule has 1 aromatic carbocycles. The Balaban J connectivity index is 1.72. The van der Waals surface area contributed by atoms with Crippen LogP contribution in [0, 0.1) is 0 Å². The lowest BCUT2D eigenvalue weighted by atomic mass is 10.1. The van der Waals surface area contributed by atoms with Gasteiger partial charge in [0.25, 0.3) is 5.91 Å². The van der Waals surface area contributed by atoms with Crippen molar-refractivity contribution < 1.29 is 14.3 Å². The van der Waals surface area contributed by atoms with Gasteiger partial charge in [0.15, 0.2) is 5.82 Å². The molecule has 2 heterocycles. The van der Waals surface area contributed by atoms with Crippen LogP contribution in [0.15, 0.2) is 30.5 Å². The number of hydrogen-bond donors (Lipinski definition) is 2. The second-order valence-electron chi connectivity index (χ2n) is 5.55. The summed E-state index contributed by atoms with van der Waals surface area (Å²) in [5, 5.41) is 9.78. The summed E-state index contributed by atoms with van der Waals surface area (Å²) >= 11 is 0. The van der Waals surface area contributed by atoms with Gasteiger partial charge in [-0.1, -0.05) is 0 Å². The van der Waals surface area contributed by atoms with E-state index < -0.39 is 0 Å². The molecule has 0 bridgehead atoms. The Hall–Kier alpha value is -2.87. The smallest absolute Gasteiger partial charge is 0.256 e. The van der Waals surface area contributed by atoms with E-state index in [0.717, 1.165) is 5.69 Å². The molecule has 0 unspecified atom stereocenters. The fourth-order valence-electron chi connectivity index (χ4n) is 2.53. The van der Waals surface area contributed by atoms with Crippen LogP contribution in [-0.4, -0.2) is 48.9 Å². The summed E-state index contributed by atoms with van der Waals surface area (Å²) in [4.78, 5) is 25.8. The third-order valence-corrected chi connectivity index (χ3v) is 3.73. The molecule has 1 aliphatic rings. The topological polar surface area (TPSA) is 88.5 Å². The highest BCUT2D eigenvalue weighted by Crippen LogP contribution is 2.29. The lowest BCUT2D eigenvalue weighted by Gasteiger charge is -2.27. The van der Waals surface area contributed by atoms with E-state index in [-0.39, 0.29) is 11.8 Å². The van der Waals surface area contributed by atoms with Gasteiger partial charge >= 0.3 is 0 Å². The Kier molecular flexibility index (Phi) is 4.48. The average molecular weight is 329 g/mol. The van der Waals surface area contributed by atoms with Crippen molar-refractivity contribution in [2.75, 3.05) is 42.8 Å². The van der Waals surface area contributed by atoms with Gasteiger partial charge in [0.05, 0.1) is 31.1 Å². The van der Waals surface area contributed by atoms with E-state index >= 15 is 0 Å². The number of aromatic nitrogens is 2. The summed E-state index contributed by atoms with van der Waals surface area (Å²) < 4.78 is 6.68. The number of anilines is 3. The van der Waals surface area contributed by atoms with Gasteiger partial charge in [-0.25, -0.2) is 0 Å². The van der Waals surface area contributed by atoms with Gasteiger partial charge in [0.2, 0.25) is 5.91 Å². The second kappa shape index (κ2) is 6.71. The maximum atomic E-state index is 12.4. The summed E-state index contributed by atoms with van der Waals surface area (Å²) in [5.74, 6) is 0.0895. The molecule has 0 fully saturated rings. The van der Waals surface area contributed by atoms with Gasteiger partial charge < -0.3 is 20.3 Å². The Morgan fingerprint density at radius 2 is 2.25 bits per heavy atom. The zero-order chi connectivity index (χ0) is 17.1. The van der Waals surface area contributed by atoms with E-state index in [0.29, 0.717) is 36.8 Å². The molecule has 24 heavy (non-hydrogen) atoms. The number of hydrogen-bond acceptors (Lipinski definition) is 5. The van der Waals surface area contributed by atoms with Crippen molar-refractivity contribution in [3.05, 3.63) is 36.0 Å². The summed E-state index contributed by atoms with van der Waals surface area (Å²) in [5.41, 5.74) is 1.97.